The second-order valence-corrected chi connectivity index (χ2v) is 8.43. The van der Waals surface area contributed by atoms with Gasteiger partial charge in [0.2, 0.25) is 0 Å². The van der Waals surface area contributed by atoms with Crippen molar-refractivity contribution in [2.75, 3.05) is 11.9 Å². The van der Waals surface area contributed by atoms with Gasteiger partial charge in [0, 0.05) is 0 Å². The van der Waals surface area contributed by atoms with Gasteiger partial charge in [-0.2, -0.15) is 0 Å². The lowest BCUT2D eigenvalue weighted by molar-refractivity contribution is -0.146. The van der Waals surface area contributed by atoms with Crippen molar-refractivity contribution >= 4 is 38.6 Å². The summed E-state index contributed by atoms with van der Waals surface area (Å²) < 4.78 is 6.15. The highest BCUT2D eigenvalue weighted by Crippen LogP contribution is 2.29. The number of thiazole rings is 1. The van der Waals surface area contributed by atoms with Crippen LogP contribution in [0.3, 0.4) is 0 Å². The Kier molecular flexibility index (Phi) is 6.09. The van der Waals surface area contributed by atoms with Crippen LogP contribution in [0.25, 0.3) is 21.3 Å². The van der Waals surface area contributed by atoms with E-state index in [1.807, 2.05) is 74.5 Å². The van der Waals surface area contributed by atoms with Crippen LogP contribution in [0, 0.1) is 13.8 Å². The van der Waals surface area contributed by atoms with E-state index in [2.05, 4.69) is 16.4 Å². The number of carbonyl (C=O) groups excluding carboxylic acids is 2. The Morgan fingerprint density at radius 3 is 2.42 bits per heavy atom. The summed E-state index contributed by atoms with van der Waals surface area (Å²) in [5, 5.41) is 3.22. The molecule has 0 radical (unpaired) electrons. The van der Waals surface area contributed by atoms with Crippen molar-refractivity contribution in [1.82, 2.24) is 4.98 Å². The van der Waals surface area contributed by atoms with Gasteiger partial charge in [-0.15, -0.1) is 0 Å². The van der Waals surface area contributed by atoms with Crippen LogP contribution in [0.4, 0.5) is 5.13 Å². The summed E-state index contributed by atoms with van der Waals surface area (Å²) in [6, 6.07) is 21.9. The Morgan fingerprint density at radius 2 is 1.68 bits per heavy atom. The summed E-state index contributed by atoms with van der Waals surface area (Å²) in [4.78, 5) is 28.8. The number of ether oxygens (including phenoxy) is 1. The topological polar surface area (TPSA) is 68.3 Å². The summed E-state index contributed by atoms with van der Waals surface area (Å²) in [6.45, 7) is 3.68. The molecule has 4 rings (SSSR count). The summed E-state index contributed by atoms with van der Waals surface area (Å²) >= 11 is 1.41. The first kappa shape index (κ1) is 20.8. The number of fused-ring (bicyclic) bond motifs is 1. The molecule has 3 aromatic carbocycles. The number of benzene rings is 3. The van der Waals surface area contributed by atoms with Crippen LogP contribution in [0.1, 0.15) is 16.7 Å². The molecule has 1 heterocycles. The predicted molar refractivity (Wildman–Crippen MR) is 124 cm³/mol. The smallest absolute Gasteiger partial charge is 0.310 e. The zero-order valence-electron chi connectivity index (χ0n) is 17.3. The number of aromatic nitrogens is 1. The van der Waals surface area contributed by atoms with E-state index in [1.54, 1.807) is 0 Å². The molecule has 0 spiro atoms. The van der Waals surface area contributed by atoms with Crippen LogP contribution < -0.4 is 5.32 Å². The summed E-state index contributed by atoms with van der Waals surface area (Å²) in [6.07, 6.45) is 0.113. The fourth-order valence-corrected chi connectivity index (χ4v) is 4.45. The number of esters is 1. The Hall–Kier alpha value is -3.51. The van der Waals surface area contributed by atoms with Crippen LogP contribution in [0.5, 0.6) is 0 Å². The molecule has 0 aliphatic rings. The zero-order valence-corrected chi connectivity index (χ0v) is 18.2. The van der Waals surface area contributed by atoms with Crippen molar-refractivity contribution < 1.29 is 14.3 Å². The number of aryl methyl sites for hydroxylation is 2. The molecule has 1 aromatic heterocycles. The van der Waals surface area contributed by atoms with Gasteiger partial charge in [0.25, 0.3) is 5.91 Å². The molecule has 31 heavy (non-hydrogen) atoms. The Bertz CT molecular complexity index is 1230. The van der Waals surface area contributed by atoms with Gasteiger partial charge in [0.05, 0.1) is 16.6 Å². The molecule has 0 bridgehead atoms. The lowest BCUT2D eigenvalue weighted by Crippen LogP contribution is -2.21. The third-order valence-corrected chi connectivity index (χ3v) is 5.77. The van der Waals surface area contributed by atoms with Gasteiger partial charge in [0.1, 0.15) is 0 Å². The van der Waals surface area contributed by atoms with Crippen molar-refractivity contribution in [1.29, 1.82) is 0 Å². The van der Waals surface area contributed by atoms with Crippen molar-refractivity contribution in [2.24, 2.45) is 0 Å². The van der Waals surface area contributed by atoms with Gasteiger partial charge in [-0.1, -0.05) is 72.0 Å². The van der Waals surface area contributed by atoms with Gasteiger partial charge in [0.15, 0.2) is 11.7 Å². The summed E-state index contributed by atoms with van der Waals surface area (Å²) in [7, 11) is 0. The molecule has 0 aliphatic carbocycles. The van der Waals surface area contributed by atoms with E-state index in [0.717, 1.165) is 38.0 Å². The molecule has 4 aromatic rings. The fraction of sp³-hybridized carbons (Fsp3) is 0.160. The molecule has 5 nitrogen and oxygen atoms in total. The Morgan fingerprint density at radius 1 is 0.968 bits per heavy atom. The molecule has 0 saturated heterocycles. The maximum Gasteiger partial charge on any atom is 0.310 e. The Balaban J connectivity index is 1.29. The maximum absolute atomic E-state index is 12.2. The zero-order chi connectivity index (χ0) is 21.8. The minimum Gasteiger partial charge on any atom is -0.455 e. The summed E-state index contributed by atoms with van der Waals surface area (Å²) in [5.74, 6) is -0.848. The minimum atomic E-state index is -0.446. The molecule has 0 saturated carbocycles. The number of rotatable bonds is 6. The molecule has 6 heteroatoms. The SMILES string of the molecule is Cc1cc(C)c2nc(NC(=O)COC(=O)Cc3ccc(-c4ccccc4)cc3)sc2c1. The molecular formula is C25H22N2O3S. The summed E-state index contributed by atoms with van der Waals surface area (Å²) in [5.41, 5.74) is 6.13. The van der Waals surface area contributed by atoms with E-state index in [9.17, 15) is 9.59 Å². The number of carbonyl (C=O) groups is 2. The number of nitrogens with one attached hydrogen (secondary N) is 1. The maximum atomic E-state index is 12.2. The number of hydrogen-bond donors (Lipinski definition) is 1. The quantitative estimate of drug-likeness (QED) is 0.421. The molecule has 1 amide bonds. The number of hydrogen-bond acceptors (Lipinski definition) is 5. The fourth-order valence-electron chi connectivity index (χ4n) is 3.39. The van der Waals surface area contributed by atoms with Gasteiger partial charge in [-0.3, -0.25) is 14.9 Å². The highest BCUT2D eigenvalue weighted by atomic mass is 32.1. The van der Waals surface area contributed by atoms with Gasteiger partial charge >= 0.3 is 5.97 Å². The first-order chi connectivity index (χ1) is 15.0. The van der Waals surface area contributed by atoms with Gasteiger partial charge < -0.3 is 4.74 Å². The first-order valence-electron chi connectivity index (χ1n) is 9.95. The highest BCUT2D eigenvalue weighted by molar-refractivity contribution is 7.22. The number of amides is 1. The van der Waals surface area contributed by atoms with Crippen molar-refractivity contribution in [3.8, 4) is 11.1 Å². The standard InChI is InChI=1S/C25H22N2O3S/c1-16-12-17(2)24-21(13-16)31-25(27-24)26-22(28)15-30-23(29)14-18-8-10-20(11-9-18)19-6-4-3-5-7-19/h3-13H,14-15H2,1-2H3,(H,26,27,28). The highest BCUT2D eigenvalue weighted by Gasteiger charge is 2.12. The predicted octanol–water partition coefficient (Wildman–Crippen LogP) is 5.30. The third kappa shape index (κ3) is 5.16. The van der Waals surface area contributed by atoms with E-state index in [1.165, 1.54) is 11.3 Å². The number of anilines is 1. The van der Waals surface area contributed by atoms with Crippen molar-refractivity contribution in [3.63, 3.8) is 0 Å². The second kappa shape index (κ2) is 9.10. The second-order valence-electron chi connectivity index (χ2n) is 7.40. The molecule has 0 fully saturated rings. The minimum absolute atomic E-state index is 0.113. The molecular weight excluding hydrogens is 408 g/mol. The molecule has 0 unspecified atom stereocenters. The van der Waals surface area contributed by atoms with E-state index < -0.39 is 11.9 Å². The third-order valence-electron chi connectivity index (χ3n) is 4.85. The normalized spacial score (nSPS) is 10.8. The van der Waals surface area contributed by atoms with E-state index in [-0.39, 0.29) is 13.0 Å². The largest absolute Gasteiger partial charge is 0.455 e. The molecule has 156 valence electrons. The van der Waals surface area contributed by atoms with Crippen LogP contribution in [0.2, 0.25) is 0 Å². The van der Waals surface area contributed by atoms with Crippen LogP contribution in [-0.2, 0) is 20.7 Å². The van der Waals surface area contributed by atoms with Crippen molar-refractivity contribution in [2.45, 2.75) is 20.3 Å². The first-order valence-corrected chi connectivity index (χ1v) is 10.8. The van der Waals surface area contributed by atoms with Gasteiger partial charge in [-0.25, -0.2) is 4.98 Å². The molecule has 0 aliphatic heterocycles. The average Bonchev–Trinajstić information content (AvgIpc) is 3.16. The van der Waals surface area contributed by atoms with Crippen molar-refractivity contribution in [3.05, 3.63) is 83.4 Å². The van der Waals surface area contributed by atoms with Crippen LogP contribution in [0.15, 0.2) is 66.7 Å². The van der Waals surface area contributed by atoms with Gasteiger partial charge in [-0.05, 0) is 47.7 Å². The van der Waals surface area contributed by atoms with Crippen LogP contribution >= 0.6 is 11.3 Å². The average molecular weight is 431 g/mol. The monoisotopic (exact) mass is 430 g/mol. The lowest BCUT2D eigenvalue weighted by atomic mass is 10.0. The Labute approximate surface area is 184 Å². The lowest BCUT2D eigenvalue weighted by Gasteiger charge is -2.06. The van der Waals surface area contributed by atoms with Crippen LogP contribution in [-0.4, -0.2) is 23.5 Å². The van der Waals surface area contributed by atoms with E-state index in [0.29, 0.717) is 5.13 Å². The molecule has 0 atom stereocenters. The molecule has 1 N–H and O–H groups in total. The number of nitrogens with zero attached hydrogens (tertiary/aromatic N) is 1. The van der Waals surface area contributed by atoms with E-state index in [4.69, 9.17) is 4.74 Å². The van der Waals surface area contributed by atoms with E-state index >= 15 is 0 Å².